The van der Waals surface area contributed by atoms with Gasteiger partial charge in [-0.25, -0.2) is 0 Å². The zero-order chi connectivity index (χ0) is 11.4. The molecule has 0 bridgehead atoms. The molecule has 2 aliphatic rings. The molecule has 84 valence electrons. The number of hydrogen-bond donors (Lipinski definition) is 0. The molecular weight excluding hydrogens is 226 g/mol. The number of likely N-dealkylation sites (N-methyl/N-ethyl adjacent to an activating group) is 1. The van der Waals surface area contributed by atoms with Gasteiger partial charge in [0.1, 0.15) is 0 Å². The van der Waals surface area contributed by atoms with Crippen LogP contribution >= 0.6 is 11.8 Å². The second kappa shape index (κ2) is 3.30. The number of anilines is 1. The van der Waals surface area contributed by atoms with E-state index in [9.17, 15) is 0 Å². The molecule has 4 rings (SSSR count). The van der Waals surface area contributed by atoms with Crippen LogP contribution in [0.3, 0.4) is 0 Å². The summed E-state index contributed by atoms with van der Waals surface area (Å²) in [5, 5.41) is 0.577. The molecular formula is C15H13NS. The number of fused-ring (bicyclic) bond motifs is 5. The normalized spacial score (nSPS) is 24.4. The van der Waals surface area contributed by atoms with Crippen LogP contribution in [-0.4, -0.2) is 7.05 Å². The molecule has 2 atom stereocenters. The summed E-state index contributed by atoms with van der Waals surface area (Å²) < 4.78 is 0. The molecule has 2 aromatic rings. The summed E-state index contributed by atoms with van der Waals surface area (Å²) in [4.78, 5) is 3.88. The van der Waals surface area contributed by atoms with Crippen molar-refractivity contribution in [3.63, 3.8) is 0 Å². The first-order valence-corrected chi connectivity index (χ1v) is 6.81. The number of rotatable bonds is 0. The summed E-state index contributed by atoms with van der Waals surface area (Å²) in [6.07, 6.45) is 0. The summed E-state index contributed by atoms with van der Waals surface area (Å²) in [5.74, 6) is 0. The van der Waals surface area contributed by atoms with Gasteiger partial charge in [0.05, 0.1) is 11.3 Å². The van der Waals surface area contributed by atoms with E-state index in [2.05, 4.69) is 60.5 Å². The van der Waals surface area contributed by atoms with E-state index in [0.29, 0.717) is 11.3 Å². The van der Waals surface area contributed by atoms with Crippen molar-refractivity contribution in [3.05, 3.63) is 59.7 Å². The van der Waals surface area contributed by atoms with E-state index in [-0.39, 0.29) is 0 Å². The average Bonchev–Trinajstić information content (AvgIpc) is 2.88. The molecule has 0 radical (unpaired) electrons. The molecule has 2 unspecified atom stereocenters. The van der Waals surface area contributed by atoms with Crippen LogP contribution in [0.25, 0.3) is 0 Å². The van der Waals surface area contributed by atoms with E-state index in [1.54, 1.807) is 0 Å². The molecule has 0 saturated heterocycles. The topological polar surface area (TPSA) is 3.24 Å². The highest BCUT2D eigenvalue weighted by molar-refractivity contribution is 8.00. The first-order chi connectivity index (χ1) is 8.36. The van der Waals surface area contributed by atoms with Crippen LogP contribution in [0.2, 0.25) is 0 Å². The van der Waals surface area contributed by atoms with Gasteiger partial charge in [-0.15, -0.1) is 11.8 Å². The zero-order valence-corrected chi connectivity index (χ0v) is 10.4. The van der Waals surface area contributed by atoms with Gasteiger partial charge in [-0.3, -0.25) is 0 Å². The van der Waals surface area contributed by atoms with E-state index in [4.69, 9.17) is 0 Å². The van der Waals surface area contributed by atoms with Crippen LogP contribution in [0.4, 0.5) is 5.69 Å². The zero-order valence-electron chi connectivity index (χ0n) is 9.63. The maximum atomic E-state index is 2.43. The third-order valence-electron chi connectivity index (χ3n) is 3.82. The van der Waals surface area contributed by atoms with Crippen molar-refractivity contribution < 1.29 is 0 Å². The standard InChI is InChI=1S/C15H13NS/c1-16-12-8-4-2-6-10(12)15-14(16)11-7-3-5-9-13(11)17-15/h2-9,14-15H,1H3. The van der Waals surface area contributed by atoms with Crippen molar-refractivity contribution >= 4 is 17.4 Å². The lowest BCUT2D eigenvalue weighted by atomic mass is 10.0. The minimum absolute atomic E-state index is 0.522. The Hall–Kier alpha value is -1.41. The Bertz CT molecular complexity index is 593. The Morgan fingerprint density at radius 2 is 1.65 bits per heavy atom. The van der Waals surface area contributed by atoms with Crippen LogP contribution < -0.4 is 4.90 Å². The highest BCUT2D eigenvalue weighted by atomic mass is 32.2. The summed E-state index contributed by atoms with van der Waals surface area (Å²) in [5.41, 5.74) is 4.37. The number of para-hydroxylation sites is 1. The number of hydrogen-bond acceptors (Lipinski definition) is 2. The van der Waals surface area contributed by atoms with Crippen LogP contribution in [0.5, 0.6) is 0 Å². The Morgan fingerprint density at radius 3 is 2.53 bits per heavy atom. The van der Waals surface area contributed by atoms with Gasteiger partial charge >= 0.3 is 0 Å². The van der Waals surface area contributed by atoms with Crippen molar-refractivity contribution in [2.75, 3.05) is 11.9 Å². The molecule has 1 nitrogen and oxygen atoms in total. The van der Waals surface area contributed by atoms with Gasteiger partial charge in [0.15, 0.2) is 0 Å². The van der Waals surface area contributed by atoms with Gasteiger partial charge in [0.25, 0.3) is 0 Å². The van der Waals surface area contributed by atoms with E-state index >= 15 is 0 Å². The van der Waals surface area contributed by atoms with Gasteiger partial charge < -0.3 is 4.90 Å². The molecule has 0 amide bonds. The molecule has 0 fully saturated rings. The van der Waals surface area contributed by atoms with Gasteiger partial charge in [0.2, 0.25) is 0 Å². The van der Waals surface area contributed by atoms with E-state index < -0.39 is 0 Å². The third kappa shape index (κ3) is 1.16. The van der Waals surface area contributed by atoms with Crippen molar-refractivity contribution in [1.82, 2.24) is 0 Å². The first kappa shape index (κ1) is 9.60. The van der Waals surface area contributed by atoms with E-state index in [0.717, 1.165) is 0 Å². The Kier molecular flexibility index (Phi) is 1.86. The van der Waals surface area contributed by atoms with Crippen LogP contribution in [0, 0.1) is 0 Å². The van der Waals surface area contributed by atoms with Crippen LogP contribution in [0.15, 0.2) is 53.4 Å². The van der Waals surface area contributed by atoms with Crippen LogP contribution in [-0.2, 0) is 0 Å². The number of nitrogens with zero attached hydrogens (tertiary/aromatic N) is 1. The molecule has 2 heterocycles. The van der Waals surface area contributed by atoms with Gasteiger partial charge in [0, 0.05) is 17.6 Å². The summed E-state index contributed by atoms with van der Waals surface area (Å²) in [6.45, 7) is 0. The fourth-order valence-electron chi connectivity index (χ4n) is 3.04. The molecule has 0 N–H and O–H groups in total. The highest BCUT2D eigenvalue weighted by Gasteiger charge is 2.43. The number of benzene rings is 2. The second-order valence-corrected chi connectivity index (χ2v) is 5.87. The Labute approximate surface area is 105 Å². The third-order valence-corrected chi connectivity index (χ3v) is 5.21. The monoisotopic (exact) mass is 239 g/mol. The maximum Gasteiger partial charge on any atom is 0.0714 e. The SMILES string of the molecule is CN1c2ccccc2C2Sc3ccccc3C21. The smallest absolute Gasteiger partial charge is 0.0714 e. The molecule has 0 aromatic heterocycles. The minimum Gasteiger partial charge on any atom is -0.366 e. The average molecular weight is 239 g/mol. The quantitative estimate of drug-likeness (QED) is 0.683. The predicted molar refractivity (Wildman–Crippen MR) is 72.6 cm³/mol. The maximum absolute atomic E-state index is 2.43. The molecule has 2 heteroatoms. The van der Waals surface area contributed by atoms with Crippen molar-refractivity contribution in [2.24, 2.45) is 0 Å². The molecule has 17 heavy (non-hydrogen) atoms. The predicted octanol–water partition coefficient (Wildman–Crippen LogP) is 4.02. The largest absolute Gasteiger partial charge is 0.366 e. The second-order valence-electron chi connectivity index (χ2n) is 4.69. The summed E-state index contributed by atoms with van der Waals surface area (Å²) in [7, 11) is 2.21. The van der Waals surface area contributed by atoms with Crippen molar-refractivity contribution in [1.29, 1.82) is 0 Å². The van der Waals surface area contributed by atoms with Gasteiger partial charge in [-0.1, -0.05) is 36.4 Å². The highest BCUT2D eigenvalue weighted by Crippen LogP contribution is 2.61. The lowest BCUT2D eigenvalue weighted by Crippen LogP contribution is -2.18. The Morgan fingerprint density at radius 1 is 0.941 bits per heavy atom. The lowest BCUT2D eigenvalue weighted by Gasteiger charge is -2.22. The lowest BCUT2D eigenvalue weighted by molar-refractivity contribution is 0.711. The molecule has 0 aliphatic carbocycles. The molecule has 2 aromatic carbocycles. The minimum atomic E-state index is 0.522. The van der Waals surface area contributed by atoms with E-state index in [1.807, 2.05) is 11.8 Å². The van der Waals surface area contributed by atoms with E-state index in [1.165, 1.54) is 21.7 Å². The summed E-state index contributed by atoms with van der Waals surface area (Å²) in [6, 6.07) is 18.1. The van der Waals surface area contributed by atoms with Crippen LogP contribution in [0.1, 0.15) is 22.4 Å². The van der Waals surface area contributed by atoms with Gasteiger partial charge in [-0.2, -0.15) is 0 Å². The fourth-order valence-corrected chi connectivity index (χ4v) is 4.58. The molecule has 0 saturated carbocycles. The summed E-state index contributed by atoms with van der Waals surface area (Å²) >= 11 is 2.01. The molecule has 0 spiro atoms. The first-order valence-electron chi connectivity index (χ1n) is 5.93. The van der Waals surface area contributed by atoms with Crippen molar-refractivity contribution in [2.45, 2.75) is 16.2 Å². The van der Waals surface area contributed by atoms with Crippen molar-refractivity contribution in [3.8, 4) is 0 Å². The Balaban J connectivity index is 1.91. The van der Waals surface area contributed by atoms with Gasteiger partial charge in [-0.05, 0) is 23.3 Å². The fraction of sp³-hybridized carbons (Fsp3) is 0.200. The number of thioether (sulfide) groups is 1. The molecule has 2 aliphatic heterocycles.